The summed E-state index contributed by atoms with van der Waals surface area (Å²) in [6, 6.07) is 3.79. The van der Waals surface area contributed by atoms with Crippen molar-refractivity contribution in [3.63, 3.8) is 0 Å². The summed E-state index contributed by atoms with van der Waals surface area (Å²) < 4.78 is 0. The standard InChI is InChI=1S/C13H23N3O/c1-11(17)12-7-5-8-14-13(12)16(4)10-6-9-15(2)3/h5,7-8,11,17H,6,9-10H2,1-4H3/t11-/m1/s1. The third kappa shape index (κ3) is 4.32. The van der Waals surface area contributed by atoms with Gasteiger partial charge in [-0.3, -0.25) is 0 Å². The number of aliphatic hydroxyl groups is 1. The number of aliphatic hydroxyl groups excluding tert-OH is 1. The van der Waals surface area contributed by atoms with Crippen LogP contribution in [0, 0.1) is 0 Å². The Morgan fingerprint density at radius 3 is 2.59 bits per heavy atom. The van der Waals surface area contributed by atoms with Crippen LogP contribution in [-0.2, 0) is 0 Å². The fourth-order valence-electron chi connectivity index (χ4n) is 1.78. The van der Waals surface area contributed by atoms with Crippen LogP contribution in [0.1, 0.15) is 25.0 Å². The van der Waals surface area contributed by atoms with Crippen molar-refractivity contribution in [2.75, 3.05) is 39.1 Å². The van der Waals surface area contributed by atoms with Crippen LogP contribution >= 0.6 is 0 Å². The summed E-state index contributed by atoms with van der Waals surface area (Å²) in [5.74, 6) is 0.876. The summed E-state index contributed by atoms with van der Waals surface area (Å²) >= 11 is 0. The first-order chi connectivity index (χ1) is 8.02. The van der Waals surface area contributed by atoms with Gasteiger partial charge in [-0.2, -0.15) is 0 Å². The average Bonchev–Trinajstić information content (AvgIpc) is 2.28. The molecule has 1 atom stereocenters. The van der Waals surface area contributed by atoms with Crippen molar-refractivity contribution in [2.45, 2.75) is 19.4 Å². The lowest BCUT2D eigenvalue weighted by Gasteiger charge is -2.22. The third-order valence-corrected chi connectivity index (χ3v) is 2.73. The van der Waals surface area contributed by atoms with E-state index in [2.05, 4.69) is 28.9 Å². The van der Waals surface area contributed by atoms with Crippen molar-refractivity contribution in [1.82, 2.24) is 9.88 Å². The Labute approximate surface area is 104 Å². The summed E-state index contributed by atoms with van der Waals surface area (Å²) in [5, 5.41) is 9.69. The number of hydrogen-bond acceptors (Lipinski definition) is 4. The van der Waals surface area contributed by atoms with Crippen molar-refractivity contribution in [3.8, 4) is 0 Å². The van der Waals surface area contributed by atoms with Crippen molar-refractivity contribution >= 4 is 5.82 Å². The minimum absolute atomic E-state index is 0.477. The molecule has 4 heteroatoms. The van der Waals surface area contributed by atoms with E-state index in [0.29, 0.717) is 0 Å². The van der Waals surface area contributed by atoms with Crippen molar-refractivity contribution < 1.29 is 5.11 Å². The van der Waals surface area contributed by atoms with Gasteiger partial charge in [-0.25, -0.2) is 4.98 Å². The monoisotopic (exact) mass is 237 g/mol. The van der Waals surface area contributed by atoms with E-state index in [1.807, 2.05) is 19.2 Å². The summed E-state index contributed by atoms with van der Waals surface area (Å²) in [5.41, 5.74) is 0.889. The van der Waals surface area contributed by atoms with E-state index in [9.17, 15) is 5.11 Å². The highest BCUT2D eigenvalue weighted by molar-refractivity contribution is 5.46. The molecule has 0 spiro atoms. The van der Waals surface area contributed by atoms with E-state index >= 15 is 0 Å². The number of anilines is 1. The fraction of sp³-hybridized carbons (Fsp3) is 0.615. The Morgan fingerprint density at radius 2 is 2.00 bits per heavy atom. The molecule has 0 saturated carbocycles. The predicted octanol–water partition coefficient (Wildman–Crippen LogP) is 1.52. The quantitative estimate of drug-likeness (QED) is 0.814. The summed E-state index contributed by atoms with van der Waals surface area (Å²) in [6.07, 6.45) is 2.37. The Kier molecular flexibility index (Phi) is 5.38. The van der Waals surface area contributed by atoms with Gasteiger partial charge in [0.2, 0.25) is 0 Å². The van der Waals surface area contributed by atoms with Crippen LogP contribution in [0.15, 0.2) is 18.3 Å². The van der Waals surface area contributed by atoms with E-state index in [-0.39, 0.29) is 0 Å². The Morgan fingerprint density at radius 1 is 1.29 bits per heavy atom. The lowest BCUT2D eigenvalue weighted by molar-refractivity contribution is 0.199. The smallest absolute Gasteiger partial charge is 0.134 e. The lowest BCUT2D eigenvalue weighted by Crippen LogP contribution is -2.25. The number of nitrogens with zero attached hydrogens (tertiary/aromatic N) is 3. The molecule has 96 valence electrons. The van der Waals surface area contributed by atoms with Gasteiger partial charge in [0.15, 0.2) is 0 Å². The second-order valence-corrected chi connectivity index (χ2v) is 4.67. The van der Waals surface area contributed by atoms with Crippen LogP contribution < -0.4 is 4.90 Å². The van der Waals surface area contributed by atoms with Crippen molar-refractivity contribution in [3.05, 3.63) is 23.9 Å². The molecule has 0 radical (unpaired) electrons. The molecule has 17 heavy (non-hydrogen) atoms. The van der Waals surface area contributed by atoms with Crippen LogP contribution in [0.25, 0.3) is 0 Å². The molecule has 0 amide bonds. The van der Waals surface area contributed by atoms with Gasteiger partial charge in [0, 0.05) is 25.4 Å². The second kappa shape index (κ2) is 6.57. The highest BCUT2D eigenvalue weighted by Gasteiger charge is 2.12. The van der Waals surface area contributed by atoms with E-state index in [1.54, 1.807) is 13.1 Å². The van der Waals surface area contributed by atoms with Crippen LogP contribution in [0.2, 0.25) is 0 Å². The summed E-state index contributed by atoms with van der Waals surface area (Å²) in [6.45, 7) is 3.77. The van der Waals surface area contributed by atoms with Gasteiger partial charge in [-0.1, -0.05) is 6.07 Å². The Balaban J connectivity index is 2.65. The molecular formula is C13H23N3O. The average molecular weight is 237 g/mol. The minimum atomic E-state index is -0.477. The van der Waals surface area contributed by atoms with Crippen LogP contribution in [-0.4, -0.2) is 49.2 Å². The number of pyridine rings is 1. The molecule has 1 aromatic heterocycles. The molecule has 0 aliphatic rings. The van der Waals surface area contributed by atoms with Crippen LogP contribution in [0.3, 0.4) is 0 Å². The SMILES string of the molecule is C[C@@H](O)c1cccnc1N(C)CCCN(C)C. The highest BCUT2D eigenvalue weighted by atomic mass is 16.3. The number of aromatic nitrogens is 1. The van der Waals surface area contributed by atoms with Gasteiger partial charge in [-0.05, 0) is 40.1 Å². The molecule has 1 heterocycles. The molecule has 0 unspecified atom stereocenters. The molecule has 0 saturated heterocycles. The zero-order valence-corrected chi connectivity index (χ0v) is 11.2. The van der Waals surface area contributed by atoms with Gasteiger partial charge >= 0.3 is 0 Å². The maximum atomic E-state index is 9.69. The molecule has 0 aliphatic carbocycles. The topological polar surface area (TPSA) is 39.6 Å². The molecule has 1 aromatic rings. The van der Waals surface area contributed by atoms with Gasteiger partial charge < -0.3 is 14.9 Å². The van der Waals surface area contributed by atoms with Crippen LogP contribution in [0.5, 0.6) is 0 Å². The van der Waals surface area contributed by atoms with Gasteiger partial charge in [0.1, 0.15) is 5.82 Å². The Bertz CT molecular complexity index is 339. The zero-order valence-electron chi connectivity index (χ0n) is 11.2. The van der Waals surface area contributed by atoms with Crippen LogP contribution in [0.4, 0.5) is 5.82 Å². The fourth-order valence-corrected chi connectivity index (χ4v) is 1.78. The third-order valence-electron chi connectivity index (χ3n) is 2.73. The first-order valence-electron chi connectivity index (χ1n) is 6.01. The molecule has 1 N–H and O–H groups in total. The lowest BCUT2D eigenvalue weighted by atomic mass is 10.1. The molecule has 0 aromatic carbocycles. The van der Waals surface area contributed by atoms with E-state index in [0.717, 1.165) is 30.9 Å². The molecule has 4 nitrogen and oxygen atoms in total. The Hall–Kier alpha value is -1.13. The summed E-state index contributed by atoms with van der Waals surface area (Å²) in [7, 11) is 6.16. The number of rotatable bonds is 6. The first-order valence-corrected chi connectivity index (χ1v) is 6.01. The molecule has 0 aliphatic heterocycles. The molecule has 1 rings (SSSR count). The predicted molar refractivity (Wildman–Crippen MR) is 71.3 cm³/mol. The van der Waals surface area contributed by atoms with Crippen molar-refractivity contribution in [2.24, 2.45) is 0 Å². The van der Waals surface area contributed by atoms with Gasteiger partial charge in [0.25, 0.3) is 0 Å². The zero-order chi connectivity index (χ0) is 12.8. The van der Waals surface area contributed by atoms with E-state index < -0.39 is 6.10 Å². The first kappa shape index (κ1) is 13.9. The van der Waals surface area contributed by atoms with Gasteiger partial charge in [0.05, 0.1) is 6.10 Å². The van der Waals surface area contributed by atoms with E-state index in [4.69, 9.17) is 0 Å². The maximum absolute atomic E-state index is 9.69. The largest absolute Gasteiger partial charge is 0.389 e. The van der Waals surface area contributed by atoms with Crippen molar-refractivity contribution in [1.29, 1.82) is 0 Å². The normalized spacial score (nSPS) is 12.8. The minimum Gasteiger partial charge on any atom is -0.389 e. The second-order valence-electron chi connectivity index (χ2n) is 4.67. The maximum Gasteiger partial charge on any atom is 0.134 e. The molecule has 0 fully saturated rings. The van der Waals surface area contributed by atoms with Gasteiger partial charge in [-0.15, -0.1) is 0 Å². The van der Waals surface area contributed by atoms with E-state index in [1.165, 1.54) is 0 Å². The summed E-state index contributed by atoms with van der Waals surface area (Å²) in [4.78, 5) is 8.62. The molecular weight excluding hydrogens is 214 g/mol. The highest BCUT2D eigenvalue weighted by Crippen LogP contribution is 2.22. The number of hydrogen-bond donors (Lipinski definition) is 1. The molecule has 0 bridgehead atoms.